The minimum Gasteiger partial charge on any atom is -0.508 e. The molecule has 0 aliphatic carbocycles. The maximum atomic E-state index is 9.66. The molecule has 0 fully saturated rings. The molecule has 14 heavy (non-hydrogen) atoms. The smallest absolute Gasteiger partial charge is 0.119 e. The Kier molecular flexibility index (Phi) is 2.71. The van der Waals surface area contributed by atoms with Crippen LogP contribution >= 0.6 is 0 Å². The molecule has 3 heteroatoms. The Morgan fingerprint density at radius 3 is 2.21 bits per heavy atom. The van der Waals surface area contributed by atoms with Gasteiger partial charge in [-0.25, -0.2) is 0 Å². The summed E-state index contributed by atoms with van der Waals surface area (Å²) in [7, 11) is 0. The van der Waals surface area contributed by atoms with E-state index in [0.717, 1.165) is 0 Å². The minimum atomic E-state index is -0.546. The predicted octanol–water partition coefficient (Wildman–Crippen LogP) is 1.68. The number of phenols is 2. The number of hydrogen-bond acceptors (Lipinski definition) is 3. The Hall–Kier alpha value is -1.22. The van der Waals surface area contributed by atoms with Crippen molar-refractivity contribution in [3.05, 3.63) is 23.3 Å². The number of aliphatic hydroxyl groups excluding tert-OH is 1. The van der Waals surface area contributed by atoms with E-state index in [1.165, 1.54) is 12.1 Å². The molecule has 0 amide bonds. The largest absolute Gasteiger partial charge is 0.508 e. The average Bonchev–Trinajstić information content (AvgIpc) is 2.11. The van der Waals surface area contributed by atoms with Gasteiger partial charge in [0.2, 0.25) is 0 Å². The second kappa shape index (κ2) is 3.50. The summed E-state index contributed by atoms with van der Waals surface area (Å²) in [5.74, 6) is 0.249. The molecule has 78 valence electrons. The monoisotopic (exact) mass is 196 g/mol. The number of phenolic OH excluding ortho intramolecular Hbond substituents is 2. The van der Waals surface area contributed by atoms with Crippen molar-refractivity contribution in [1.29, 1.82) is 0 Å². The van der Waals surface area contributed by atoms with Gasteiger partial charge in [0.05, 0.1) is 6.61 Å². The lowest BCUT2D eigenvalue weighted by Gasteiger charge is -2.23. The van der Waals surface area contributed by atoms with Crippen molar-refractivity contribution in [3.8, 4) is 11.5 Å². The molecule has 1 aromatic carbocycles. The van der Waals surface area contributed by atoms with Gasteiger partial charge in [-0.1, -0.05) is 13.8 Å². The van der Waals surface area contributed by atoms with Gasteiger partial charge in [-0.2, -0.15) is 0 Å². The van der Waals surface area contributed by atoms with Gasteiger partial charge in [0.1, 0.15) is 11.5 Å². The predicted molar refractivity (Wildman–Crippen MR) is 54.6 cm³/mol. The Bertz CT molecular complexity index is 343. The zero-order valence-electron chi connectivity index (χ0n) is 8.70. The molecule has 0 heterocycles. The van der Waals surface area contributed by atoms with E-state index in [1.54, 1.807) is 20.8 Å². The lowest BCUT2D eigenvalue weighted by Crippen LogP contribution is -2.22. The van der Waals surface area contributed by atoms with E-state index in [2.05, 4.69) is 0 Å². The van der Waals surface area contributed by atoms with E-state index in [9.17, 15) is 10.2 Å². The summed E-state index contributed by atoms with van der Waals surface area (Å²) in [6, 6.07) is 3.00. The lowest BCUT2D eigenvalue weighted by molar-refractivity contribution is 0.215. The van der Waals surface area contributed by atoms with Crippen molar-refractivity contribution in [2.75, 3.05) is 6.61 Å². The topological polar surface area (TPSA) is 60.7 Å². The highest BCUT2D eigenvalue weighted by Gasteiger charge is 2.23. The zero-order chi connectivity index (χ0) is 10.9. The molecular weight excluding hydrogens is 180 g/mol. The molecule has 0 unspecified atom stereocenters. The maximum absolute atomic E-state index is 9.66. The standard InChI is InChI=1S/C11H16O3/c1-7-4-10(14)8(5-9(7)13)11(2,3)6-12/h4-5,12-14H,6H2,1-3H3. The number of aliphatic hydroxyl groups is 1. The molecule has 3 N–H and O–H groups in total. The summed E-state index contributed by atoms with van der Waals surface area (Å²) in [5.41, 5.74) is 0.637. The highest BCUT2D eigenvalue weighted by Crippen LogP contribution is 2.35. The van der Waals surface area contributed by atoms with Crippen LogP contribution in [-0.4, -0.2) is 21.9 Å². The number of hydrogen-bond donors (Lipinski definition) is 3. The van der Waals surface area contributed by atoms with Crippen LogP contribution in [0.2, 0.25) is 0 Å². The van der Waals surface area contributed by atoms with Gasteiger partial charge >= 0.3 is 0 Å². The Morgan fingerprint density at radius 1 is 1.14 bits per heavy atom. The minimum absolute atomic E-state index is 0.0803. The maximum Gasteiger partial charge on any atom is 0.119 e. The van der Waals surface area contributed by atoms with E-state index in [1.807, 2.05) is 0 Å². The van der Waals surface area contributed by atoms with Crippen molar-refractivity contribution in [2.24, 2.45) is 0 Å². The van der Waals surface area contributed by atoms with Crippen molar-refractivity contribution in [1.82, 2.24) is 0 Å². The molecule has 3 nitrogen and oxygen atoms in total. The van der Waals surface area contributed by atoms with Gasteiger partial charge in [-0.15, -0.1) is 0 Å². The van der Waals surface area contributed by atoms with Crippen molar-refractivity contribution in [2.45, 2.75) is 26.2 Å². The average molecular weight is 196 g/mol. The normalized spacial score (nSPS) is 11.7. The molecule has 0 aliphatic rings. The first-order valence-electron chi connectivity index (χ1n) is 4.52. The molecular formula is C11H16O3. The number of benzene rings is 1. The Labute approximate surface area is 83.6 Å². The summed E-state index contributed by atoms with van der Waals surface area (Å²) in [5, 5.41) is 28.3. The molecule has 0 saturated carbocycles. The first kappa shape index (κ1) is 10.9. The summed E-state index contributed by atoms with van der Waals surface area (Å²) in [4.78, 5) is 0. The third-order valence-corrected chi connectivity index (χ3v) is 2.44. The van der Waals surface area contributed by atoms with Crippen molar-refractivity contribution < 1.29 is 15.3 Å². The lowest BCUT2D eigenvalue weighted by atomic mass is 9.84. The third-order valence-electron chi connectivity index (χ3n) is 2.44. The molecule has 1 aromatic rings. The van der Waals surface area contributed by atoms with Gasteiger partial charge in [0.15, 0.2) is 0 Å². The number of aromatic hydroxyl groups is 2. The molecule has 0 atom stereocenters. The zero-order valence-corrected chi connectivity index (χ0v) is 8.70. The SMILES string of the molecule is Cc1cc(O)c(C(C)(C)CO)cc1O. The summed E-state index contributed by atoms with van der Waals surface area (Å²) >= 11 is 0. The highest BCUT2D eigenvalue weighted by molar-refractivity contribution is 5.47. The fourth-order valence-corrected chi connectivity index (χ4v) is 1.31. The van der Waals surface area contributed by atoms with E-state index in [4.69, 9.17) is 5.11 Å². The van der Waals surface area contributed by atoms with Gasteiger partial charge in [0.25, 0.3) is 0 Å². The molecule has 0 spiro atoms. The van der Waals surface area contributed by atoms with E-state index >= 15 is 0 Å². The summed E-state index contributed by atoms with van der Waals surface area (Å²) in [6.45, 7) is 5.24. The van der Waals surface area contributed by atoms with E-state index < -0.39 is 5.41 Å². The fourth-order valence-electron chi connectivity index (χ4n) is 1.31. The van der Waals surface area contributed by atoms with Crippen LogP contribution in [0.1, 0.15) is 25.0 Å². The van der Waals surface area contributed by atoms with Crippen molar-refractivity contribution in [3.63, 3.8) is 0 Å². The van der Waals surface area contributed by atoms with Crippen LogP contribution in [0.15, 0.2) is 12.1 Å². The van der Waals surface area contributed by atoms with E-state index in [-0.39, 0.29) is 18.1 Å². The molecule has 0 aliphatic heterocycles. The highest BCUT2D eigenvalue weighted by atomic mass is 16.3. The molecule has 0 radical (unpaired) electrons. The number of rotatable bonds is 2. The Morgan fingerprint density at radius 2 is 1.71 bits per heavy atom. The fraction of sp³-hybridized carbons (Fsp3) is 0.455. The summed E-state index contributed by atoms with van der Waals surface area (Å²) < 4.78 is 0. The van der Waals surface area contributed by atoms with Crippen LogP contribution in [-0.2, 0) is 5.41 Å². The van der Waals surface area contributed by atoms with Gasteiger partial charge < -0.3 is 15.3 Å². The number of aryl methyl sites for hydroxylation is 1. The quantitative estimate of drug-likeness (QED) is 0.631. The first-order valence-corrected chi connectivity index (χ1v) is 4.52. The molecule has 1 rings (SSSR count). The molecule has 0 saturated heterocycles. The Balaban J connectivity index is 3.29. The molecule has 0 bridgehead atoms. The molecule has 0 aromatic heterocycles. The van der Waals surface area contributed by atoms with Crippen LogP contribution in [0, 0.1) is 6.92 Å². The van der Waals surface area contributed by atoms with Crippen LogP contribution in [0.4, 0.5) is 0 Å². The second-order valence-corrected chi connectivity index (χ2v) is 4.20. The second-order valence-electron chi connectivity index (χ2n) is 4.20. The van der Waals surface area contributed by atoms with Gasteiger partial charge in [-0.3, -0.25) is 0 Å². The third kappa shape index (κ3) is 1.82. The van der Waals surface area contributed by atoms with Crippen LogP contribution in [0.5, 0.6) is 11.5 Å². The van der Waals surface area contributed by atoms with Crippen LogP contribution < -0.4 is 0 Å². The first-order chi connectivity index (χ1) is 6.38. The van der Waals surface area contributed by atoms with Crippen molar-refractivity contribution >= 4 is 0 Å². The van der Waals surface area contributed by atoms with Crippen LogP contribution in [0.25, 0.3) is 0 Å². The summed E-state index contributed by atoms with van der Waals surface area (Å²) in [6.07, 6.45) is 0. The van der Waals surface area contributed by atoms with Crippen LogP contribution in [0.3, 0.4) is 0 Å². The van der Waals surface area contributed by atoms with Gasteiger partial charge in [0, 0.05) is 11.0 Å². The van der Waals surface area contributed by atoms with E-state index in [0.29, 0.717) is 11.1 Å². The van der Waals surface area contributed by atoms with Gasteiger partial charge in [-0.05, 0) is 24.6 Å².